The average Bonchev–Trinajstić information content (AvgIpc) is 2.78. The molecule has 0 bridgehead atoms. The van der Waals surface area contributed by atoms with Crippen LogP contribution in [0.15, 0.2) is 48.5 Å². The summed E-state index contributed by atoms with van der Waals surface area (Å²) in [6, 6.07) is 11.7. The highest BCUT2D eigenvalue weighted by molar-refractivity contribution is 6.01. The Morgan fingerprint density at radius 2 is 1.50 bits per heavy atom. The van der Waals surface area contributed by atoms with Gasteiger partial charge in [-0.25, -0.2) is 0 Å². The summed E-state index contributed by atoms with van der Waals surface area (Å²) in [5.41, 5.74) is 4.72. The van der Waals surface area contributed by atoms with Gasteiger partial charge in [-0.05, 0) is 43.2 Å². The molecule has 3 amide bonds. The molecule has 2 aromatic rings. The van der Waals surface area contributed by atoms with Crippen LogP contribution in [0.3, 0.4) is 0 Å². The third-order valence-electron chi connectivity index (χ3n) is 5.03. The van der Waals surface area contributed by atoms with E-state index in [-0.39, 0.29) is 28.6 Å². The molecule has 9 nitrogen and oxygen atoms in total. The number of rotatable bonds is 5. The van der Waals surface area contributed by atoms with Crippen LogP contribution in [0.25, 0.3) is 0 Å². The van der Waals surface area contributed by atoms with Gasteiger partial charge in [0.25, 0.3) is 17.5 Å². The number of nitrogens with zero attached hydrogens (tertiary/aromatic N) is 1. The number of hydrazine groups is 1. The van der Waals surface area contributed by atoms with Crippen molar-refractivity contribution in [3.8, 4) is 0 Å². The Balaban J connectivity index is 1.55. The quantitative estimate of drug-likeness (QED) is 0.515. The van der Waals surface area contributed by atoms with Gasteiger partial charge in [0, 0.05) is 23.2 Å². The number of hydrogen-bond donors (Lipinski definition) is 3. The summed E-state index contributed by atoms with van der Waals surface area (Å²) >= 11 is 0. The molecule has 1 saturated carbocycles. The molecule has 0 aromatic heterocycles. The zero-order valence-electron chi connectivity index (χ0n) is 16.2. The van der Waals surface area contributed by atoms with E-state index in [9.17, 15) is 24.5 Å². The third kappa shape index (κ3) is 5.19. The molecule has 0 spiro atoms. The van der Waals surface area contributed by atoms with Gasteiger partial charge in [-0.3, -0.25) is 35.3 Å². The molecule has 3 rings (SSSR count). The van der Waals surface area contributed by atoms with Crippen LogP contribution in [0, 0.1) is 16.0 Å². The second-order valence-corrected chi connectivity index (χ2v) is 7.08. The Morgan fingerprint density at radius 3 is 2.17 bits per heavy atom. The number of hydrogen-bond acceptors (Lipinski definition) is 5. The van der Waals surface area contributed by atoms with Crippen molar-refractivity contribution in [1.82, 2.24) is 10.9 Å². The highest BCUT2D eigenvalue weighted by Gasteiger charge is 2.21. The maximum Gasteiger partial charge on any atom is 0.282 e. The first-order valence-corrected chi connectivity index (χ1v) is 9.71. The smallest absolute Gasteiger partial charge is 0.282 e. The molecule has 0 radical (unpaired) electrons. The average molecular weight is 410 g/mol. The van der Waals surface area contributed by atoms with Gasteiger partial charge in [0.05, 0.1) is 4.92 Å². The molecule has 1 fully saturated rings. The molecule has 3 N–H and O–H groups in total. The molecule has 1 aliphatic carbocycles. The largest absolute Gasteiger partial charge is 0.326 e. The van der Waals surface area contributed by atoms with E-state index in [0.717, 1.165) is 25.7 Å². The van der Waals surface area contributed by atoms with Crippen molar-refractivity contribution < 1.29 is 19.3 Å². The lowest BCUT2D eigenvalue weighted by Gasteiger charge is -2.20. The monoisotopic (exact) mass is 410 g/mol. The fraction of sp³-hybridized carbons (Fsp3) is 0.286. The number of benzene rings is 2. The first-order chi connectivity index (χ1) is 14.5. The van der Waals surface area contributed by atoms with E-state index in [4.69, 9.17) is 0 Å². The van der Waals surface area contributed by atoms with E-state index in [1.165, 1.54) is 42.8 Å². The van der Waals surface area contributed by atoms with Crippen LogP contribution in [0.1, 0.15) is 52.8 Å². The number of nitrogens with one attached hydrogen (secondary N) is 3. The van der Waals surface area contributed by atoms with Gasteiger partial charge in [0.2, 0.25) is 5.91 Å². The molecule has 9 heteroatoms. The molecule has 2 aromatic carbocycles. The van der Waals surface area contributed by atoms with E-state index in [0.29, 0.717) is 5.69 Å². The second-order valence-electron chi connectivity index (χ2n) is 7.08. The van der Waals surface area contributed by atoms with E-state index in [1.54, 1.807) is 12.1 Å². The van der Waals surface area contributed by atoms with E-state index < -0.39 is 16.7 Å². The van der Waals surface area contributed by atoms with Gasteiger partial charge >= 0.3 is 0 Å². The van der Waals surface area contributed by atoms with Gasteiger partial charge in [-0.2, -0.15) is 0 Å². The topological polar surface area (TPSA) is 130 Å². The van der Waals surface area contributed by atoms with E-state index in [2.05, 4.69) is 16.2 Å². The normalized spacial score (nSPS) is 13.9. The van der Waals surface area contributed by atoms with E-state index >= 15 is 0 Å². The molecule has 156 valence electrons. The lowest BCUT2D eigenvalue weighted by Crippen LogP contribution is -2.41. The molecule has 30 heavy (non-hydrogen) atoms. The maximum atomic E-state index is 12.3. The van der Waals surface area contributed by atoms with Crippen LogP contribution in [0.5, 0.6) is 0 Å². The predicted molar refractivity (Wildman–Crippen MR) is 110 cm³/mol. The molecule has 0 atom stereocenters. The molecular formula is C21H22N4O5. The van der Waals surface area contributed by atoms with E-state index in [1.807, 2.05) is 0 Å². The van der Waals surface area contributed by atoms with Crippen molar-refractivity contribution in [2.45, 2.75) is 32.1 Å². The molecule has 0 unspecified atom stereocenters. The number of amides is 3. The first-order valence-electron chi connectivity index (χ1n) is 9.71. The number of anilines is 1. The number of nitro groups is 1. The predicted octanol–water partition coefficient (Wildman–Crippen LogP) is 3.19. The number of para-hydroxylation sites is 1. The highest BCUT2D eigenvalue weighted by atomic mass is 16.6. The number of nitro benzene ring substituents is 1. The fourth-order valence-corrected chi connectivity index (χ4v) is 3.39. The minimum atomic E-state index is -0.799. The Hall–Kier alpha value is -3.75. The van der Waals surface area contributed by atoms with Crippen molar-refractivity contribution in [1.29, 1.82) is 0 Å². The summed E-state index contributed by atoms with van der Waals surface area (Å²) in [7, 11) is 0. The summed E-state index contributed by atoms with van der Waals surface area (Å²) in [6.45, 7) is 0. The Labute approximate surface area is 173 Å². The van der Waals surface area contributed by atoms with Gasteiger partial charge in [-0.15, -0.1) is 0 Å². The van der Waals surface area contributed by atoms with Gasteiger partial charge < -0.3 is 5.32 Å². The van der Waals surface area contributed by atoms with Crippen LogP contribution in [-0.4, -0.2) is 22.6 Å². The Bertz CT molecular complexity index is 952. The third-order valence-corrected chi connectivity index (χ3v) is 5.03. The lowest BCUT2D eigenvalue weighted by molar-refractivity contribution is -0.385. The lowest BCUT2D eigenvalue weighted by atomic mass is 9.88. The maximum absolute atomic E-state index is 12.3. The van der Waals surface area contributed by atoms with Crippen molar-refractivity contribution in [2.24, 2.45) is 5.92 Å². The minimum absolute atomic E-state index is 0.0105. The van der Waals surface area contributed by atoms with Crippen LogP contribution in [0.2, 0.25) is 0 Å². The van der Waals surface area contributed by atoms with Crippen molar-refractivity contribution in [3.63, 3.8) is 0 Å². The summed E-state index contributed by atoms with van der Waals surface area (Å²) in [5, 5.41) is 13.9. The van der Waals surface area contributed by atoms with Gasteiger partial charge in [0.1, 0.15) is 5.56 Å². The molecule has 1 aliphatic rings. The molecule has 0 heterocycles. The molecule has 0 saturated heterocycles. The minimum Gasteiger partial charge on any atom is -0.326 e. The summed E-state index contributed by atoms with van der Waals surface area (Å²) in [6.07, 6.45) is 5.09. The Kier molecular flexibility index (Phi) is 6.74. The zero-order chi connectivity index (χ0) is 21.5. The zero-order valence-corrected chi connectivity index (χ0v) is 16.2. The van der Waals surface area contributed by atoms with Crippen molar-refractivity contribution in [3.05, 3.63) is 69.8 Å². The highest BCUT2D eigenvalue weighted by Crippen LogP contribution is 2.25. The first kappa shape index (κ1) is 21.0. The molecular weight excluding hydrogens is 388 g/mol. The standard InChI is InChI=1S/C21H22N4O5/c26-19(14-6-2-1-3-7-14)22-16-12-10-15(11-13-16)20(27)23-24-21(28)17-8-4-5-9-18(17)25(29)30/h4-5,8-14H,1-3,6-7H2,(H,22,26)(H,23,27)(H,24,28). The number of carbonyl (C=O) groups is 3. The SMILES string of the molecule is O=C(NNC(=O)c1ccccc1[N+](=O)[O-])c1ccc(NC(=O)C2CCCCC2)cc1. The van der Waals surface area contributed by atoms with Crippen molar-refractivity contribution >= 4 is 29.1 Å². The summed E-state index contributed by atoms with van der Waals surface area (Å²) in [5.74, 6) is -1.37. The van der Waals surface area contributed by atoms with Gasteiger partial charge in [-0.1, -0.05) is 31.4 Å². The second kappa shape index (κ2) is 9.64. The fourth-order valence-electron chi connectivity index (χ4n) is 3.39. The van der Waals surface area contributed by atoms with Crippen LogP contribution in [0.4, 0.5) is 11.4 Å². The van der Waals surface area contributed by atoms with Crippen LogP contribution in [-0.2, 0) is 4.79 Å². The van der Waals surface area contributed by atoms with Crippen LogP contribution >= 0.6 is 0 Å². The molecule has 0 aliphatic heterocycles. The summed E-state index contributed by atoms with van der Waals surface area (Å²) in [4.78, 5) is 47.0. The summed E-state index contributed by atoms with van der Waals surface area (Å²) < 4.78 is 0. The van der Waals surface area contributed by atoms with Crippen molar-refractivity contribution in [2.75, 3.05) is 5.32 Å². The Morgan fingerprint density at radius 1 is 0.867 bits per heavy atom. The number of carbonyl (C=O) groups excluding carboxylic acids is 3. The van der Waals surface area contributed by atoms with Crippen LogP contribution < -0.4 is 16.2 Å². The van der Waals surface area contributed by atoms with Gasteiger partial charge in [0.15, 0.2) is 0 Å².